The van der Waals surface area contributed by atoms with E-state index in [1.165, 1.54) is 18.2 Å². The van der Waals surface area contributed by atoms with Crippen LogP contribution in [0.5, 0.6) is 0 Å². The summed E-state index contributed by atoms with van der Waals surface area (Å²) in [6.07, 6.45) is -5.04. The number of anilines is 2. The van der Waals surface area contributed by atoms with Gasteiger partial charge in [-0.15, -0.1) is 11.8 Å². The summed E-state index contributed by atoms with van der Waals surface area (Å²) in [5.41, 5.74) is -0.817. The van der Waals surface area contributed by atoms with Crippen molar-refractivity contribution >= 4 is 40.9 Å². The number of thioether (sulfide) groups is 1. The van der Waals surface area contributed by atoms with Gasteiger partial charge in [0.25, 0.3) is 0 Å². The topological polar surface area (TPSA) is 95.5 Å². The number of alkyl halides is 3. The molecule has 0 radical (unpaired) electrons. The van der Waals surface area contributed by atoms with Gasteiger partial charge in [-0.05, 0) is 30.3 Å². The molecule has 0 heterocycles. The highest BCUT2D eigenvalue weighted by molar-refractivity contribution is 8.00. The molecule has 2 rings (SSSR count). The zero-order chi connectivity index (χ0) is 21.4. The van der Waals surface area contributed by atoms with Crippen molar-refractivity contribution in [3.05, 3.63) is 54.1 Å². The number of carbonyl (C=O) groups excluding carboxylic acids is 2. The van der Waals surface area contributed by atoms with Crippen LogP contribution in [0, 0.1) is 0 Å². The minimum absolute atomic E-state index is 0.136. The van der Waals surface area contributed by atoms with Gasteiger partial charge in [0.1, 0.15) is 0 Å². The first-order valence-corrected chi connectivity index (χ1v) is 9.34. The summed E-state index contributed by atoms with van der Waals surface area (Å²) in [6, 6.07) is 11.2. The van der Waals surface area contributed by atoms with Crippen molar-refractivity contribution in [2.24, 2.45) is 0 Å². The van der Waals surface area contributed by atoms with Gasteiger partial charge in [0.05, 0.1) is 23.4 Å². The number of carboxylic acids is 1. The first kappa shape index (κ1) is 22.3. The van der Waals surface area contributed by atoms with Gasteiger partial charge >= 0.3 is 12.1 Å². The molecule has 0 saturated carbocycles. The van der Waals surface area contributed by atoms with Gasteiger partial charge in [-0.25, -0.2) is 0 Å². The summed E-state index contributed by atoms with van der Waals surface area (Å²) in [5, 5.41) is 13.4. The summed E-state index contributed by atoms with van der Waals surface area (Å²) in [4.78, 5) is 34.8. The minimum Gasteiger partial charge on any atom is -0.481 e. The second-order valence-electron chi connectivity index (χ2n) is 5.85. The van der Waals surface area contributed by atoms with Gasteiger partial charge in [0.2, 0.25) is 11.8 Å². The summed E-state index contributed by atoms with van der Waals surface area (Å²) >= 11 is 1.08. The quantitative estimate of drug-likeness (QED) is 0.549. The number of rotatable bonds is 8. The van der Waals surface area contributed by atoms with E-state index in [1.807, 2.05) is 0 Å². The van der Waals surface area contributed by atoms with Crippen LogP contribution in [0.1, 0.15) is 18.4 Å². The monoisotopic (exact) mass is 426 g/mol. The van der Waals surface area contributed by atoms with Crippen LogP contribution < -0.4 is 10.6 Å². The van der Waals surface area contributed by atoms with Crippen molar-refractivity contribution < 1.29 is 32.7 Å². The molecule has 6 nitrogen and oxygen atoms in total. The van der Waals surface area contributed by atoms with Crippen LogP contribution in [0.2, 0.25) is 0 Å². The SMILES string of the molecule is O=C(O)CCC(=O)Nc1cccc(SCC(=O)Nc2ccccc2C(F)(F)F)c1. The molecule has 2 aromatic carbocycles. The first-order valence-electron chi connectivity index (χ1n) is 8.36. The maximum Gasteiger partial charge on any atom is 0.418 e. The summed E-state index contributed by atoms with van der Waals surface area (Å²) in [7, 11) is 0. The van der Waals surface area contributed by atoms with Crippen LogP contribution in [0.3, 0.4) is 0 Å². The standard InChI is InChI=1S/C19H17F3N2O4S/c20-19(21,22)14-6-1-2-7-15(14)24-17(26)11-29-13-5-3-4-12(10-13)23-16(25)8-9-18(27)28/h1-7,10H,8-9,11H2,(H,23,25)(H,24,26)(H,27,28). The van der Waals surface area contributed by atoms with Crippen molar-refractivity contribution in [2.75, 3.05) is 16.4 Å². The number of hydrogen-bond donors (Lipinski definition) is 3. The van der Waals surface area contributed by atoms with Gasteiger partial charge < -0.3 is 15.7 Å². The van der Waals surface area contributed by atoms with Gasteiger partial charge in [0, 0.05) is 17.0 Å². The fourth-order valence-electron chi connectivity index (χ4n) is 2.28. The van der Waals surface area contributed by atoms with E-state index < -0.39 is 29.5 Å². The average molecular weight is 426 g/mol. The Balaban J connectivity index is 1.93. The lowest BCUT2D eigenvalue weighted by Crippen LogP contribution is -2.18. The van der Waals surface area contributed by atoms with Crippen LogP contribution >= 0.6 is 11.8 Å². The van der Waals surface area contributed by atoms with Crippen molar-refractivity contribution in [3.8, 4) is 0 Å². The van der Waals surface area contributed by atoms with Crippen LogP contribution in [0.15, 0.2) is 53.4 Å². The summed E-state index contributed by atoms with van der Waals surface area (Å²) < 4.78 is 38.9. The van der Waals surface area contributed by atoms with Gasteiger partial charge in [-0.1, -0.05) is 18.2 Å². The number of carbonyl (C=O) groups is 3. The van der Waals surface area contributed by atoms with Gasteiger partial charge in [-0.2, -0.15) is 13.2 Å². The molecule has 29 heavy (non-hydrogen) atoms. The van der Waals surface area contributed by atoms with E-state index in [4.69, 9.17) is 5.11 Å². The third kappa shape index (κ3) is 7.49. The predicted molar refractivity (Wildman–Crippen MR) is 103 cm³/mol. The second kappa shape index (κ2) is 9.97. The third-order valence-corrected chi connectivity index (χ3v) is 4.55. The maximum atomic E-state index is 13.0. The highest BCUT2D eigenvalue weighted by Crippen LogP contribution is 2.34. The normalized spacial score (nSPS) is 11.0. The van der Waals surface area contributed by atoms with E-state index in [9.17, 15) is 27.6 Å². The van der Waals surface area contributed by atoms with E-state index in [0.29, 0.717) is 10.6 Å². The van der Waals surface area contributed by atoms with Gasteiger partial charge in [0.15, 0.2) is 0 Å². The molecule has 154 valence electrons. The Kier molecular flexibility index (Phi) is 7.66. The highest BCUT2D eigenvalue weighted by atomic mass is 32.2. The molecule has 0 aliphatic carbocycles. The molecule has 0 aliphatic heterocycles. The smallest absolute Gasteiger partial charge is 0.418 e. The average Bonchev–Trinajstić information content (AvgIpc) is 2.65. The van der Waals surface area contributed by atoms with Crippen molar-refractivity contribution in [1.29, 1.82) is 0 Å². The fraction of sp³-hybridized carbons (Fsp3) is 0.211. The second-order valence-corrected chi connectivity index (χ2v) is 6.90. The predicted octanol–water partition coefficient (Wildman–Crippen LogP) is 4.24. The molecule has 2 aromatic rings. The molecule has 0 unspecified atom stereocenters. The van der Waals surface area contributed by atoms with E-state index in [2.05, 4.69) is 10.6 Å². The summed E-state index contributed by atoms with van der Waals surface area (Å²) in [6.45, 7) is 0. The maximum absolute atomic E-state index is 13.0. The fourth-order valence-corrected chi connectivity index (χ4v) is 3.04. The first-order chi connectivity index (χ1) is 13.6. The van der Waals surface area contributed by atoms with Crippen LogP contribution in [-0.4, -0.2) is 28.6 Å². The van der Waals surface area contributed by atoms with Crippen molar-refractivity contribution in [1.82, 2.24) is 0 Å². The van der Waals surface area contributed by atoms with E-state index in [0.717, 1.165) is 17.8 Å². The summed E-state index contributed by atoms with van der Waals surface area (Å²) in [5.74, 6) is -2.29. The molecular formula is C19H17F3N2O4S. The Morgan fingerprint density at radius 1 is 0.931 bits per heavy atom. The van der Waals surface area contributed by atoms with Crippen molar-refractivity contribution in [3.63, 3.8) is 0 Å². The molecular weight excluding hydrogens is 409 g/mol. The van der Waals surface area contributed by atoms with Gasteiger partial charge in [-0.3, -0.25) is 14.4 Å². The van der Waals surface area contributed by atoms with E-state index in [-0.39, 0.29) is 24.3 Å². The van der Waals surface area contributed by atoms with E-state index in [1.54, 1.807) is 24.3 Å². The van der Waals surface area contributed by atoms with Crippen molar-refractivity contribution in [2.45, 2.75) is 23.9 Å². The van der Waals surface area contributed by atoms with Crippen LogP contribution in [-0.2, 0) is 20.6 Å². The molecule has 0 atom stereocenters. The number of benzene rings is 2. The molecule has 0 bridgehead atoms. The molecule has 2 amide bonds. The molecule has 10 heteroatoms. The Morgan fingerprint density at radius 3 is 2.34 bits per heavy atom. The molecule has 0 aromatic heterocycles. The number of nitrogens with one attached hydrogen (secondary N) is 2. The van der Waals surface area contributed by atoms with Crippen LogP contribution in [0.25, 0.3) is 0 Å². The molecule has 0 aliphatic rings. The lowest BCUT2D eigenvalue weighted by molar-refractivity contribution is -0.138. The largest absolute Gasteiger partial charge is 0.481 e. The Bertz CT molecular complexity index is 903. The molecule has 0 fully saturated rings. The number of aliphatic carboxylic acids is 1. The molecule has 0 spiro atoms. The number of para-hydroxylation sites is 1. The third-order valence-electron chi connectivity index (χ3n) is 3.56. The highest BCUT2D eigenvalue weighted by Gasteiger charge is 2.33. The lowest BCUT2D eigenvalue weighted by atomic mass is 10.1. The van der Waals surface area contributed by atoms with Crippen LogP contribution in [0.4, 0.5) is 24.5 Å². The zero-order valence-electron chi connectivity index (χ0n) is 15.0. The number of carboxylic acid groups (broad SMARTS) is 1. The number of halogens is 3. The molecule has 0 saturated heterocycles. The molecule has 3 N–H and O–H groups in total. The number of amides is 2. The Morgan fingerprint density at radius 2 is 1.66 bits per heavy atom. The minimum atomic E-state index is -4.58. The lowest BCUT2D eigenvalue weighted by Gasteiger charge is -2.13. The number of hydrogen-bond acceptors (Lipinski definition) is 4. The van der Waals surface area contributed by atoms with E-state index >= 15 is 0 Å². The Hall–Kier alpha value is -3.01. The Labute approximate surface area is 168 Å². The zero-order valence-corrected chi connectivity index (χ0v) is 15.8.